The quantitative estimate of drug-likeness (QED) is 0.493. The van der Waals surface area contributed by atoms with Crippen molar-refractivity contribution in [3.63, 3.8) is 0 Å². The number of benzene rings is 3. The van der Waals surface area contributed by atoms with Gasteiger partial charge in [0.1, 0.15) is 11.3 Å². The molecule has 1 atom stereocenters. The maximum absolute atomic E-state index is 5.92. The van der Waals surface area contributed by atoms with Crippen molar-refractivity contribution in [2.75, 3.05) is 5.32 Å². The van der Waals surface area contributed by atoms with Crippen LogP contribution in [0.15, 0.2) is 59.5 Å². The average Bonchev–Trinajstić information content (AvgIpc) is 3.13. The molecular formula is C18H14N4S. The summed E-state index contributed by atoms with van der Waals surface area (Å²) in [6.45, 7) is 0. The van der Waals surface area contributed by atoms with E-state index in [4.69, 9.17) is 10.7 Å². The van der Waals surface area contributed by atoms with Crippen LogP contribution in [0.5, 0.6) is 0 Å². The van der Waals surface area contributed by atoms with Gasteiger partial charge in [-0.25, -0.2) is 4.98 Å². The minimum Gasteiger partial charge on any atom is -0.360 e. The Kier molecular flexibility index (Phi) is 2.68. The summed E-state index contributed by atoms with van der Waals surface area (Å²) in [7, 11) is 0. The molecule has 5 rings (SSSR count). The second-order valence-electron chi connectivity index (χ2n) is 5.70. The van der Waals surface area contributed by atoms with Crippen LogP contribution in [-0.4, -0.2) is 15.5 Å². The third kappa shape index (κ3) is 2.09. The van der Waals surface area contributed by atoms with Crippen molar-refractivity contribution in [1.29, 1.82) is 0 Å². The molecule has 5 heteroatoms. The Balaban J connectivity index is 1.66. The molecule has 0 amide bonds. The molecule has 0 saturated carbocycles. The number of thioether (sulfide) groups is 1. The maximum Gasteiger partial charge on any atom is 0.138 e. The molecule has 2 heterocycles. The van der Waals surface area contributed by atoms with Crippen LogP contribution in [0, 0.1) is 0 Å². The molecular weight excluding hydrogens is 304 g/mol. The summed E-state index contributed by atoms with van der Waals surface area (Å²) in [6.07, 6.45) is 0. The van der Waals surface area contributed by atoms with E-state index >= 15 is 0 Å². The average molecular weight is 318 g/mol. The first-order chi connectivity index (χ1) is 11.3. The molecule has 4 nitrogen and oxygen atoms in total. The monoisotopic (exact) mass is 318 g/mol. The smallest absolute Gasteiger partial charge is 0.138 e. The molecule has 0 fully saturated rings. The van der Waals surface area contributed by atoms with Gasteiger partial charge in [0.2, 0.25) is 0 Å². The summed E-state index contributed by atoms with van der Waals surface area (Å²) in [5.41, 5.74) is 10.1. The summed E-state index contributed by atoms with van der Waals surface area (Å²) in [6, 6.07) is 18.9. The van der Waals surface area contributed by atoms with Gasteiger partial charge < -0.3 is 16.0 Å². The van der Waals surface area contributed by atoms with Crippen LogP contribution in [0.2, 0.25) is 0 Å². The van der Waals surface area contributed by atoms with Gasteiger partial charge >= 0.3 is 0 Å². The lowest BCUT2D eigenvalue weighted by Gasteiger charge is -2.01. The van der Waals surface area contributed by atoms with Gasteiger partial charge in [-0.2, -0.15) is 0 Å². The second kappa shape index (κ2) is 4.75. The number of aromatic amines is 1. The summed E-state index contributed by atoms with van der Waals surface area (Å²) in [5.74, 6) is 0.888. The number of rotatable bonds is 1. The van der Waals surface area contributed by atoms with E-state index in [1.165, 1.54) is 15.7 Å². The number of fused-ring (bicyclic) bond motifs is 3. The molecule has 0 unspecified atom stereocenters. The molecule has 0 spiro atoms. The van der Waals surface area contributed by atoms with Crippen molar-refractivity contribution < 1.29 is 0 Å². The first-order valence-corrected chi connectivity index (χ1v) is 8.36. The van der Waals surface area contributed by atoms with Gasteiger partial charge in [0, 0.05) is 16.1 Å². The maximum atomic E-state index is 5.92. The van der Waals surface area contributed by atoms with Crippen molar-refractivity contribution in [1.82, 2.24) is 9.97 Å². The van der Waals surface area contributed by atoms with E-state index in [-0.39, 0.29) is 5.50 Å². The first kappa shape index (κ1) is 13.0. The van der Waals surface area contributed by atoms with Crippen molar-refractivity contribution in [2.45, 2.75) is 10.4 Å². The zero-order valence-electron chi connectivity index (χ0n) is 12.2. The Labute approximate surface area is 137 Å². The standard InChI is InChI=1S/C18H14N4S/c19-18-22-13-6-5-12(9-16(13)23-18)17-20-14-7-10-3-1-2-4-11(10)8-15(14)21-17/h1-9,18,22H,19H2,(H,20,21)/t18-/m1/s1. The van der Waals surface area contributed by atoms with E-state index in [1.807, 2.05) is 0 Å². The number of aromatic nitrogens is 2. The molecule has 0 bridgehead atoms. The second-order valence-corrected chi connectivity index (χ2v) is 6.88. The molecule has 1 aliphatic heterocycles. The number of hydrogen-bond acceptors (Lipinski definition) is 4. The van der Waals surface area contributed by atoms with Gasteiger partial charge in [-0.1, -0.05) is 36.0 Å². The molecule has 3 aromatic carbocycles. The summed E-state index contributed by atoms with van der Waals surface area (Å²) >= 11 is 1.63. The normalized spacial score (nSPS) is 16.7. The third-order valence-electron chi connectivity index (χ3n) is 4.16. The molecule has 23 heavy (non-hydrogen) atoms. The van der Waals surface area contributed by atoms with E-state index in [0.717, 1.165) is 28.1 Å². The fourth-order valence-electron chi connectivity index (χ4n) is 3.04. The third-order valence-corrected chi connectivity index (χ3v) is 5.12. The van der Waals surface area contributed by atoms with Crippen molar-refractivity contribution in [3.8, 4) is 11.4 Å². The van der Waals surface area contributed by atoms with E-state index in [0.29, 0.717) is 0 Å². The van der Waals surface area contributed by atoms with E-state index in [9.17, 15) is 0 Å². The van der Waals surface area contributed by atoms with Crippen molar-refractivity contribution >= 4 is 39.3 Å². The highest BCUT2D eigenvalue weighted by Gasteiger charge is 2.18. The summed E-state index contributed by atoms with van der Waals surface area (Å²) in [4.78, 5) is 9.36. The number of nitrogens with zero attached hydrogens (tertiary/aromatic N) is 1. The molecule has 4 N–H and O–H groups in total. The fourth-order valence-corrected chi connectivity index (χ4v) is 3.95. The summed E-state index contributed by atoms with van der Waals surface area (Å²) < 4.78 is 0. The van der Waals surface area contributed by atoms with Gasteiger partial charge in [-0.3, -0.25) is 0 Å². The lowest BCUT2D eigenvalue weighted by Crippen LogP contribution is -2.20. The first-order valence-electron chi connectivity index (χ1n) is 7.48. The Morgan fingerprint density at radius 2 is 1.83 bits per heavy atom. The molecule has 0 saturated heterocycles. The zero-order valence-corrected chi connectivity index (χ0v) is 13.0. The number of anilines is 1. The van der Waals surface area contributed by atoms with Crippen LogP contribution in [0.1, 0.15) is 0 Å². The minimum absolute atomic E-state index is 0.0683. The van der Waals surface area contributed by atoms with Gasteiger partial charge in [0.05, 0.1) is 11.0 Å². The molecule has 0 radical (unpaired) electrons. The number of H-pyrrole nitrogens is 1. The van der Waals surface area contributed by atoms with Gasteiger partial charge in [-0.15, -0.1) is 0 Å². The van der Waals surface area contributed by atoms with E-state index < -0.39 is 0 Å². The number of nitrogens with two attached hydrogens (primary N) is 1. The highest BCUT2D eigenvalue weighted by atomic mass is 32.2. The number of nitrogens with one attached hydrogen (secondary N) is 2. The van der Waals surface area contributed by atoms with E-state index in [2.05, 4.69) is 64.9 Å². The minimum atomic E-state index is -0.0683. The predicted octanol–water partition coefficient (Wildman–Crippen LogP) is 4.14. The van der Waals surface area contributed by atoms with Crippen LogP contribution in [-0.2, 0) is 0 Å². The number of hydrogen-bond donors (Lipinski definition) is 3. The summed E-state index contributed by atoms with van der Waals surface area (Å²) in [5, 5.41) is 5.66. The van der Waals surface area contributed by atoms with Gasteiger partial charge in [0.25, 0.3) is 0 Å². The fraction of sp³-hybridized carbons (Fsp3) is 0.0556. The largest absolute Gasteiger partial charge is 0.360 e. The number of imidazole rings is 1. The van der Waals surface area contributed by atoms with Crippen molar-refractivity contribution in [2.24, 2.45) is 5.73 Å². The molecule has 112 valence electrons. The zero-order chi connectivity index (χ0) is 15.4. The van der Waals surface area contributed by atoms with Crippen LogP contribution in [0.3, 0.4) is 0 Å². The lowest BCUT2D eigenvalue weighted by molar-refractivity contribution is 1.08. The molecule has 1 aliphatic rings. The van der Waals surface area contributed by atoms with Crippen LogP contribution < -0.4 is 11.1 Å². The Morgan fingerprint density at radius 1 is 1.00 bits per heavy atom. The van der Waals surface area contributed by atoms with Crippen LogP contribution in [0.4, 0.5) is 5.69 Å². The Hall–Kier alpha value is -2.50. The Bertz CT molecular complexity index is 1000. The van der Waals surface area contributed by atoms with E-state index in [1.54, 1.807) is 11.8 Å². The molecule has 4 aromatic rings. The van der Waals surface area contributed by atoms with Crippen LogP contribution in [0.25, 0.3) is 33.2 Å². The highest BCUT2D eigenvalue weighted by molar-refractivity contribution is 8.00. The van der Waals surface area contributed by atoms with Crippen molar-refractivity contribution in [3.05, 3.63) is 54.6 Å². The molecule has 1 aromatic heterocycles. The van der Waals surface area contributed by atoms with Crippen LogP contribution >= 0.6 is 11.8 Å². The Morgan fingerprint density at radius 3 is 2.70 bits per heavy atom. The predicted molar refractivity (Wildman–Crippen MR) is 96.5 cm³/mol. The van der Waals surface area contributed by atoms with Gasteiger partial charge in [-0.05, 0) is 41.1 Å². The SMILES string of the molecule is N[C@@H]1Nc2ccc(-c3nc4cc5ccccc5cc4[nH]3)cc2S1. The van der Waals surface area contributed by atoms with Gasteiger partial charge in [0.15, 0.2) is 0 Å². The lowest BCUT2D eigenvalue weighted by atomic mass is 10.1. The topological polar surface area (TPSA) is 66.7 Å². The molecule has 0 aliphatic carbocycles. The highest BCUT2D eigenvalue weighted by Crippen LogP contribution is 2.38.